The van der Waals surface area contributed by atoms with E-state index in [2.05, 4.69) is 10.6 Å². The van der Waals surface area contributed by atoms with Crippen molar-refractivity contribution < 1.29 is 19.1 Å². The predicted molar refractivity (Wildman–Crippen MR) is 113 cm³/mol. The Bertz CT molecular complexity index is 1080. The van der Waals surface area contributed by atoms with Crippen LogP contribution in [0.4, 0.5) is 5.69 Å². The Kier molecular flexibility index (Phi) is 5.79. The zero-order valence-corrected chi connectivity index (χ0v) is 16.5. The number of rotatable bonds is 8. The molecule has 7 nitrogen and oxygen atoms in total. The van der Waals surface area contributed by atoms with Gasteiger partial charge in [0.25, 0.3) is 11.8 Å². The Hall–Kier alpha value is -3.61. The Morgan fingerprint density at radius 1 is 1.00 bits per heavy atom. The van der Waals surface area contributed by atoms with Gasteiger partial charge in [-0.25, -0.2) is 0 Å². The van der Waals surface area contributed by atoms with Crippen molar-refractivity contribution in [2.24, 2.45) is 0 Å². The average molecular weight is 405 g/mol. The summed E-state index contributed by atoms with van der Waals surface area (Å²) in [5.74, 6) is -1.16. The number of nitrogens with zero attached hydrogens (tertiary/aromatic N) is 1. The number of fused-ring (bicyclic) bond motifs is 1. The van der Waals surface area contributed by atoms with E-state index in [0.717, 1.165) is 23.7 Å². The third-order valence-electron chi connectivity index (χ3n) is 4.96. The molecule has 0 spiro atoms. The number of nitrogens with one attached hydrogen (secondary N) is 2. The standard InChI is InChI=1S/C23H23N3O4/c27-21(25-19-7-3-2-6-18(19)23(29)24-17-9-10-17)15-30-22(28)12-14-26-13-11-16-5-1-4-8-20(16)26/h1-8,11,13,17H,9-10,12,14-15H2,(H,24,29)(H,25,27). The van der Waals surface area contributed by atoms with E-state index < -0.39 is 18.5 Å². The molecule has 7 heteroatoms. The van der Waals surface area contributed by atoms with Crippen LogP contribution in [0.15, 0.2) is 60.8 Å². The summed E-state index contributed by atoms with van der Waals surface area (Å²) in [6.07, 6.45) is 4.05. The number of amides is 2. The van der Waals surface area contributed by atoms with Crippen LogP contribution < -0.4 is 10.6 Å². The van der Waals surface area contributed by atoms with Gasteiger partial charge in [-0.1, -0.05) is 30.3 Å². The van der Waals surface area contributed by atoms with Gasteiger partial charge in [0.1, 0.15) is 0 Å². The summed E-state index contributed by atoms with van der Waals surface area (Å²) in [7, 11) is 0. The highest BCUT2D eigenvalue weighted by Crippen LogP contribution is 2.21. The van der Waals surface area contributed by atoms with Gasteiger partial charge >= 0.3 is 5.97 Å². The summed E-state index contributed by atoms with van der Waals surface area (Å²) in [4.78, 5) is 36.6. The van der Waals surface area contributed by atoms with E-state index >= 15 is 0 Å². The predicted octanol–water partition coefficient (Wildman–Crippen LogP) is 3.11. The molecule has 154 valence electrons. The molecule has 30 heavy (non-hydrogen) atoms. The molecule has 1 heterocycles. The maximum absolute atomic E-state index is 12.3. The quantitative estimate of drug-likeness (QED) is 0.564. The van der Waals surface area contributed by atoms with E-state index in [1.54, 1.807) is 24.3 Å². The minimum atomic E-state index is -0.485. The van der Waals surface area contributed by atoms with Gasteiger partial charge in [-0.15, -0.1) is 0 Å². The second-order valence-electron chi connectivity index (χ2n) is 7.32. The van der Waals surface area contributed by atoms with Crippen LogP contribution in [-0.2, 0) is 20.9 Å². The van der Waals surface area contributed by atoms with Crippen LogP contribution in [0.3, 0.4) is 0 Å². The van der Waals surface area contributed by atoms with Crippen molar-refractivity contribution in [3.05, 3.63) is 66.4 Å². The van der Waals surface area contributed by atoms with E-state index in [9.17, 15) is 14.4 Å². The van der Waals surface area contributed by atoms with E-state index in [4.69, 9.17) is 4.74 Å². The first-order valence-electron chi connectivity index (χ1n) is 9.99. The Morgan fingerprint density at radius 2 is 1.77 bits per heavy atom. The Morgan fingerprint density at radius 3 is 2.60 bits per heavy atom. The van der Waals surface area contributed by atoms with Gasteiger partial charge in [0.05, 0.1) is 17.7 Å². The lowest BCUT2D eigenvalue weighted by Crippen LogP contribution is -2.28. The SMILES string of the molecule is O=C(COC(=O)CCn1ccc2ccccc21)Nc1ccccc1C(=O)NC1CC1. The first-order chi connectivity index (χ1) is 14.6. The maximum atomic E-state index is 12.3. The molecule has 3 aromatic rings. The number of carbonyl (C=O) groups excluding carboxylic acids is 3. The molecule has 0 aliphatic heterocycles. The molecule has 0 bridgehead atoms. The fraction of sp³-hybridized carbons (Fsp3) is 0.261. The third kappa shape index (κ3) is 4.86. The van der Waals surface area contributed by atoms with E-state index in [0.29, 0.717) is 17.8 Å². The molecule has 0 atom stereocenters. The van der Waals surface area contributed by atoms with Gasteiger partial charge in [0.2, 0.25) is 0 Å². The summed E-state index contributed by atoms with van der Waals surface area (Å²) in [6, 6.07) is 16.9. The van der Waals surface area contributed by atoms with Crippen molar-refractivity contribution in [1.82, 2.24) is 9.88 Å². The number of aromatic nitrogens is 1. The Balaban J connectivity index is 1.26. The molecule has 4 rings (SSSR count). The van der Waals surface area contributed by atoms with Crippen molar-refractivity contribution in [2.45, 2.75) is 31.8 Å². The minimum Gasteiger partial charge on any atom is -0.456 e. The minimum absolute atomic E-state index is 0.159. The number of aryl methyl sites for hydroxylation is 1. The van der Waals surface area contributed by atoms with E-state index in [-0.39, 0.29) is 18.4 Å². The van der Waals surface area contributed by atoms with Gasteiger partial charge in [-0.05, 0) is 42.5 Å². The number of anilines is 1. The fourth-order valence-electron chi connectivity index (χ4n) is 3.23. The zero-order valence-electron chi connectivity index (χ0n) is 16.5. The van der Waals surface area contributed by atoms with Crippen LogP contribution in [0.1, 0.15) is 29.6 Å². The van der Waals surface area contributed by atoms with Crippen LogP contribution in [0.5, 0.6) is 0 Å². The molecule has 2 aromatic carbocycles. The highest BCUT2D eigenvalue weighted by molar-refractivity contribution is 6.04. The monoisotopic (exact) mass is 405 g/mol. The number of benzene rings is 2. The van der Waals surface area contributed by atoms with E-state index in [1.807, 2.05) is 41.1 Å². The second kappa shape index (κ2) is 8.82. The lowest BCUT2D eigenvalue weighted by atomic mass is 10.1. The molecule has 2 amide bonds. The van der Waals surface area contributed by atoms with Gasteiger partial charge in [0.15, 0.2) is 6.61 Å². The average Bonchev–Trinajstić information content (AvgIpc) is 3.47. The van der Waals surface area contributed by atoms with Gasteiger partial charge in [-0.3, -0.25) is 14.4 Å². The number of carbonyl (C=O) groups is 3. The number of para-hydroxylation sites is 2. The maximum Gasteiger partial charge on any atom is 0.308 e. The molecule has 0 unspecified atom stereocenters. The van der Waals surface area contributed by atoms with Crippen LogP contribution in [-0.4, -0.2) is 35.0 Å². The second-order valence-corrected chi connectivity index (χ2v) is 7.32. The van der Waals surface area contributed by atoms with Gasteiger partial charge in [-0.2, -0.15) is 0 Å². The molecular formula is C23H23N3O4. The molecular weight excluding hydrogens is 382 g/mol. The first-order valence-corrected chi connectivity index (χ1v) is 9.99. The van der Waals surface area contributed by atoms with E-state index in [1.165, 1.54) is 0 Å². The van der Waals surface area contributed by atoms with Crippen molar-refractivity contribution in [3.8, 4) is 0 Å². The van der Waals surface area contributed by atoms with Crippen molar-refractivity contribution in [1.29, 1.82) is 0 Å². The number of ether oxygens (including phenoxy) is 1. The summed E-state index contributed by atoms with van der Waals surface area (Å²) >= 11 is 0. The largest absolute Gasteiger partial charge is 0.456 e. The molecule has 1 aliphatic rings. The zero-order chi connectivity index (χ0) is 20.9. The molecule has 0 saturated heterocycles. The number of hydrogen-bond donors (Lipinski definition) is 2. The number of hydrogen-bond acceptors (Lipinski definition) is 4. The van der Waals surface area contributed by atoms with Crippen molar-refractivity contribution >= 4 is 34.4 Å². The van der Waals surface area contributed by atoms with Crippen LogP contribution in [0.2, 0.25) is 0 Å². The molecule has 1 fully saturated rings. The molecule has 1 aromatic heterocycles. The normalized spacial score (nSPS) is 13.1. The highest BCUT2D eigenvalue weighted by atomic mass is 16.5. The molecule has 1 aliphatic carbocycles. The Labute approximate surface area is 174 Å². The van der Waals surface area contributed by atoms with Gasteiger partial charge < -0.3 is 19.9 Å². The summed E-state index contributed by atoms with van der Waals surface area (Å²) in [5.41, 5.74) is 1.84. The van der Waals surface area contributed by atoms with Crippen LogP contribution in [0.25, 0.3) is 10.9 Å². The van der Waals surface area contributed by atoms with Crippen molar-refractivity contribution in [2.75, 3.05) is 11.9 Å². The molecule has 2 N–H and O–H groups in total. The topological polar surface area (TPSA) is 89.4 Å². The van der Waals surface area contributed by atoms with Crippen LogP contribution in [0, 0.1) is 0 Å². The summed E-state index contributed by atoms with van der Waals surface area (Å²) < 4.78 is 7.07. The summed E-state index contributed by atoms with van der Waals surface area (Å²) in [5, 5.41) is 6.66. The third-order valence-corrected chi connectivity index (χ3v) is 4.96. The fourth-order valence-corrected chi connectivity index (χ4v) is 3.23. The summed E-state index contributed by atoms with van der Waals surface area (Å²) in [6.45, 7) is 0.0714. The van der Waals surface area contributed by atoms with Crippen LogP contribution >= 0.6 is 0 Å². The van der Waals surface area contributed by atoms with Gasteiger partial charge in [0, 0.05) is 24.3 Å². The first kappa shape index (κ1) is 19.7. The highest BCUT2D eigenvalue weighted by Gasteiger charge is 2.25. The van der Waals surface area contributed by atoms with Crippen molar-refractivity contribution in [3.63, 3.8) is 0 Å². The number of esters is 1. The smallest absolute Gasteiger partial charge is 0.308 e. The molecule has 0 radical (unpaired) electrons. The lowest BCUT2D eigenvalue weighted by molar-refractivity contribution is -0.147. The lowest BCUT2D eigenvalue weighted by Gasteiger charge is -2.11. The molecule has 1 saturated carbocycles.